The predicted molar refractivity (Wildman–Crippen MR) is 159 cm³/mol. The second-order valence-electron chi connectivity index (χ2n) is 12.3. The molecule has 3 N–H and O–H groups in total. The van der Waals surface area contributed by atoms with E-state index in [0.29, 0.717) is 42.9 Å². The zero-order valence-electron chi connectivity index (χ0n) is 23.4. The highest BCUT2D eigenvalue weighted by molar-refractivity contribution is 6.13. The van der Waals surface area contributed by atoms with E-state index in [1.807, 2.05) is 18.2 Å². The average Bonchev–Trinajstić information content (AvgIpc) is 3.32. The molecule has 3 saturated heterocycles. The first-order chi connectivity index (χ1) is 19.9. The smallest absolute Gasteiger partial charge is 0.319 e. The molecule has 0 spiro atoms. The van der Waals surface area contributed by atoms with Crippen molar-refractivity contribution >= 4 is 28.2 Å². The van der Waals surface area contributed by atoms with E-state index in [2.05, 4.69) is 28.4 Å². The highest BCUT2D eigenvalue weighted by Gasteiger charge is 2.38. The Hall–Kier alpha value is -3.87. The minimum atomic E-state index is -0.186. The normalized spacial score (nSPS) is 23.4. The van der Waals surface area contributed by atoms with E-state index in [-0.39, 0.29) is 23.1 Å². The van der Waals surface area contributed by atoms with Gasteiger partial charge in [-0.3, -0.25) is 4.79 Å². The van der Waals surface area contributed by atoms with Crippen molar-refractivity contribution in [2.75, 3.05) is 49.1 Å². The van der Waals surface area contributed by atoms with Crippen LogP contribution in [-0.2, 0) is 6.42 Å². The number of piperidine rings is 1. The van der Waals surface area contributed by atoms with Gasteiger partial charge >= 0.3 is 6.01 Å². The van der Waals surface area contributed by atoms with Crippen molar-refractivity contribution in [1.29, 1.82) is 0 Å². The fraction of sp³-hybridized carbons (Fsp3) is 0.469. The van der Waals surface area contributed by atoms with Gasteiger partial charge in [0, 0.05) is 53.6 Å². The van der Waals surface area contributed by atoms with Crippen LogP contribution in [0.3, 0.4) is 0 Å². The monoisotopic (exact) mass is 552 g/mol. The number of anilines is 2. The third-order valence-corrected chi connectivity index (χ3v) is 9.26. The van der Waals surface area contributed by atoms with E-state index >= 15 is 0 Å². The highest BCUT2D eigenvalue weighted by atomic mass is 16.5. The lowest BCUT2D eigenvalue weighted by atomic mass is 9.82. The van der Waals surface area contributed by atoms with E-state index in [1.54, 1.807) is 17.0 Å². The van der Waals surface area contributed by atoms with Crippen LogP contribution in [0, 0.1) is 17.8 Å². The van der Waals surface area contributed by atoms with E-state index < -0.39 is 0 Å². The molecule has 0 saturated carbocycles. The molecule has 2 atom stereocenters. The predicted octanol–water partition coefficient (Wildman–Crippen LogP) is 3.23. The molecule has 9 heteroatoms. The van der Waals surface area contributed by atoms with Gasteiger partial charge in [-0.2, -0.15) is 9.97 Å². The summed E-state index contributed by atoms with van der Waals surface area (Å²) in [6.07, 6.45) is 10.8. The van der Waals surface area contributed by atoms with Crippen molar-refractivity contribution in [1.82, 2.24) is 20.6 Å². The largest absolute Gasteiger partial charge is 0.508 e. The molecule has 0 aliphatic carbocycles. The van der Waals surface area contributed by atoms with Crippen LogP contribution < -0.4 is 25.2 Å². The van der Waals surface area contributed by atoms with E-state index in [0.717, 1.165) is 79.7 Å². The molecular formula is C32H36N6O3. The number of aromatic hydroxyl groups is 1. The van der Waals surface area contributed by atoms with Crippen molar-refractivity contribution in [3.63, 3.8) is 0 Å². The SMILES string of the molecule is C#Cc1cc(O)cc2cccc(N3CCc4c(nc(OCC5(C)CCNCC5)nc4N4CC5CCC(C4)N5)C3=O)c12. The van der Waals surface area contributed by atoms with Gasteiger partial charge in [-0.25, -0.2) is 0 Å². The molecule has 7 rings (SSSR count). The zero-order valence-corrected chi connectivity index (χ0v) is 23.4. The Morgan fingerprint density at radius 2 is 1.95 bits per heavy atom. The lowest BCUT2D eigenvalue weighted by molar-refractivity contribution is 0.0967. The summed E-state index contributed by atoms with van der Waals surface area (Å²) in [5.41, 5.74) is 2.59. The molecule has 2 bridgehead atoms. The van der Waals surface area contributed by atoms with Crippen LogP contribution in [0.4, 0.5) is 11.5 Å². The molecule has 2 unspecified atom stereocenters. The van der Waals surface area contributed by atoms with Gasteiger partial charge in [0.1, 0.15) is 17.3 Å². The van der Waals surface area contributed by atoms with Crippen LogP contribution in [0.1, 0.15) is 54.2 Å². The first kappa shape index (κ1) is 26.1. The first-order valence-electron chi connectivity index (χ1n) is 14.7. The molecule has 1 aromatic heterocycles. The second-order valence-corrected chi connectivity index (χ2v) is 12.3. The third kappa shape index (κ3) is 4.75. The number of benzene rings is 2. The van der Waals surface area contributed by atoms with Gasteiger partial charge in [-0.1, -0.05) is 25.0 Å². The fourth-order valence-corrected chi connectivity index (χ4v) is 6.98. The lowest BCUT2D eigenvalue weighted by Gasteiger charge is -2.37. The number of hydrogen-bond donors (Lipinski definition) is 3. The summed E-state index contributed by atoms with van der Waals surface area (Å²) in [6.45, 7) is 6.89. The maximum Gasteiger partial charge on any atom is 0.319 e. The number of phenolic OH excluding ortho intramolecular Hbond substituents is 1. The number of piperazine rings is 1. The molecule has 9 nitrogen and oxygen atoms in total. The van der Waals surface area contributed by atoms with Crippen molar-refractivity contribution < 1.29 is 14.6 Å². The number of aromatic nitrogens is 2. The molecule has 4 aliphatic heterocycles. The van der Waals surface area contributed by atoms with Crippen molar-refractivity contribution in [2.24, 2.45) is 5.41 Å². The van der Waals surface area contributed by atoms with Gasteiger partial charge in [0.05, 0.1) is 12.3 Å². The number of carbonyl (C=O) groups is 1. The average molecular weight is 553 g/mol. The molecule has 3 fully saturated rings. The molecule has 4 aliphatic rings. The second kappa shape index (κ2) is 10.2. The number of hydrogen-bond acceptors (Lipinski definition) is 8. The van der Waals surface area contributed by atoms with Crippen LogP contribution in [0.25, 0.3) is 10.8 Å². The minimum absolute atomic E-state index is 0.0367. The Kier molecular flexibility index (Phi) is 6.48. The Bertz CT molecular complexity index is 1550. The number of phenols is 1. The van der Waals surface area contributed by atoms with Crippen LogP contribution in [0.2, 0.25) is 0 Å². The number of ether oxygens (including phenoxy) is 1. The molecule has 1 amide bonds. The van der Waals surface area contributed by atoms with Crippen molar-refractivity contribution in [2.45, 2.75) is 51.1 Å². The number of amides is 1. The Morgan fingerprint density at radius 1 is 1.17 bits per heavy atom. The van der Waals surface area contributed by atoms with Gasteiger partial charge in [0.25, 0.3) is 5.91 Å². The highest BCUT2D eigenvalue weighted by Crippen LogP contribution is 2.38. The number of nitrogens with one attached hydrogen (secondary N) is 2. The van der Waals surface area contributed by atoms with Gasteiger partial charge < -0.3 is 30.3 Å². The molecule has 3 aromatic rings. The first-order valence-corrected chi connectivity index (χ1v) is 14.7. The van der Waals surface area contributed by atoms with Crippen molar-refractivity contribution in [3.05, 3.63) is 47.2 Å². The summed E-state index contributed by atoms with van der Waals surface area (Å²) in [5, 5.41) is 18.9. The Labute approximate surface area is 240 Å². The van der Waals surface area contributed by atoms with Gasteiger partial charge in [0.2, 0.25) is 0 Å². The third-order valence-electron chi connectivity index (χ3n) is 9.26. The Balaban J connectivity index is 1.28. The Morgan fingerprint density at radius 3 is 2.71 bits per heavy atom. The molecule has 5 heterocycles. The van der Waals surface area contributed by atoms with Crippen molar-refractivity contribution in [3.8, 4) is 24.1 Å². The molecule has 41 heavy (non-hydrogen) atoms. The van der Waals surface area contributed by atoms with Gasteiger partial charge in [0.15, 0.2) is 0 Å². The minimum Gasteiger partial charge on any atom is -0.508 e. The van der Waals surface area contributed by atoms with Crippen LogP contribution in [-0.4, -0.2) is 72.4 Å². The molecule has 212 valence electrons. The quantitative estimate of drug-likeness (QED) is 0.415. The zero-order chi connectivity index (χ0) is 28.1. The number of terminal acetylenes is 1. The summed E-state index contributed by atoms with van der Waals surface area (Å²) in [5.74, 6) is 3.44. The summed E-state index contributed by atoms with van der Waals surface area (Å²) < 4.78 is 6.31. The lowest BCUT2D eigenvalue weighted by Crippen LogP contribution is -2.52. The summed E-state index contributed by atoms with van der Waals surface area (Å²) in [4.78, 5) is 28.1. The molecule has 2 aromatic carbocycles. The summed E-state index contributed by atoms with van der Waals surface area (Å²) in [7, 11) is 0. The summed E-state index contributed by atoms with van der Waals surface area (Å²) >= 11 is 0. The van der Waals surface area contributed by atoms with E-state index in [9.17, 15) is 9.90 Å². The van der Waals surface area contributed by atoms with Gasteiger partial charge in [-0.15, -0.1) is 6.42 Å². The van der Waals surface area contributed by atoms with Gasteiger partial charge in [-0.05, 0) is 68.8 Å². The standard InChI is InChI=1S/C32H36N6O3/c1-3-20-15-24(39)16-21-5-4-6-26(27(20)21)38-14-9-25-28(30(38)40)35-31(41-19-32(2)10-12-33-13-11-32)36-29(25)37-17-22-7-8-23(18-37)34-22/h1,4-6,15-16,22-23,33-34,39H,7-14,17-19H2,2H3. The molecule has 0 radical (unpaired) electrons. The van der Waals surface area contributed by atoms with Crippen LogP contribution in [0.15, 0.2) is 30.3 Å². The fourth-order valence-electron chi connectivity index (χ4n) is 6.98. The van der Waals surface area contributed by atoms with E-state index in [4.69, 9.17) is 21.1 Å². The topological polar surface area (TPSA) is 103 Å². The number of rotatable bonds is 5. The number of fused-ring (bicyclic) bond motifs is 4. The molecular weight excluding hydrogens is 516 g/mol. The van der Waals surface area contributed by atoms with Crippen LogP contribution >= 0.6 is 0 Å². The van der Waals surface area contributed by atoms with E-state index in [1.165, 1.54) is 0 Å². The van der Waals surface area contributed by atoms with Crippen LogP contribution in [0.5, 0.6) is 11.8 Å². The summed E-state index contributed by atoms with van der Waals surface area (Å²) in [6, 6.07) is 10.1. The number of carbonyl (C=O) groups excluding carboxylic acids is 1. The maximum atomic E-state index is 14.3. The number of nitrogens with zero attached hydrogens (tertiary/aromatic N) is 4. The maximum absolute atomic E-state index is 14.3.